The van der Waals surface area contributed by atoms with E-state index in [4.69, 9.17) is 4.74 Å². The second-order valence-electron chi connectivity index (χ2n) is 6.32. The summed E-state index contributed by atoms with van der Waals surface area (Å²) in [7, 11) is 0. The highest BCUT2D eigenvalue weighted by molar-refractivity contribution is 5.88. The lowest BCUT2D eigenvalue weighted by Crippen LogP contribution is -2.44. The number of carbonyl (C=O) groups is 1. The third kappa shape index (κ3) is 2.79. The maximum absolute atomic E-state index is 12.4. The number of nitrogens with zero attached hydrogens (tertiary/aromatic N) is 1. The first-order chi connectivity index (χ1) is 9.30. The highest BCUT2D eigenvalue weighted by atomic mass is 16.5. The van der Waals surface area contributed by atoms with Crippen LogP contribution in [0.4, 0.5) is 0 Å². The molecule has 108 valence electrons. The molecule has 0 aromatic heterocycles. The normalized spacial score (nSPS) is 27.6. The minimum atomic E-state index is -0.204. The van der Waals surface area contributed by atoms with Gasteiger partial charge in [0.05, 0.1) is 24.9 Å². The number of carbonyl (C=O) groups excluding carboxylic acids is 1. The van der Waals surface area contributed by atoms with E-state index in [9.17, 15) is 4.79 Å². The highest BCUT2D eigenvalue weighted by Crippen LogP contribution is 2.34. The summed E-state index contributed by atoms with van der Waals surface area (Å²) in [6, 6.07) is 0. The molecule has 2 aliphatic carbocycles. The van der Waals surface area contributed by atoms with Gasteiger partial charge in [-0.05, 0) is 25.7 Å². The number of nitrogens with one attached hydrogen (secondary N) is 1. The molecule has 1 N–H and O–H groups in total. The van der Waals surface area contributed by atoms with Crippen LogP contribution < -0.4 is 5.32 Å². The zero-order chi connectivity index (χ0) is 13.1. The van der Waals surface area contributed by atoms with Gasteiger partial charge in [-0.1, -0.05) is 32.1 Å². The van der Waals surface area contributed by atoms with E-state index in [1.165, 1.54) is 44.9 Å². The van der Waals surface area contributed by atoms with Crippen LogP contribution in [0.15, 0.2) is 0 Å². The SMILES string of the molecule is O=C1N(CCOC2CCCCC2)CNC12CCCC2. The van der Waals surface area contributed by atoms with Gasteiger partial charge in [0, 0.05) is 6.54 Å². The van der Waals surface area contributed by atoms with Crippen molar-refractivity contribution in [2.24, 2.45) is 0 Å². The Hall–Kier alpha value is -0.610. The number of rotatable bonds is 4. The summed E-state index contributed by atoms with van der Waals surface area (Å²) < 4.78 is 5.92. The quantitative estimate of drug-likeness (QED) is 0.846. The average Bonchev–Trinajstić information content (AvgIpc) is 3.03. The Morgan fingerprint density at radius 3 is 2.63 bits per heavy atom. The van der Waals surface area contributed by atoms with Crippen molar-refractivity contribution < 1.29 is 9.53 Å². The Morgan fingerprint density at radius 2 is 1.89 bits per heavy atom. The molecule has 19 heavy (non-hydrogen) atoms. The predicted octanol–water partition coefficient (Wildman–Crippen LogP) is 2.04. The highest BCUT2D eigenvalue weighted by Gasteiger charge is 2.47. The molecule has 4 nitrogen and oxygen atoms in total. The first-order valence-corrected chi connectivity index (χ1v) is 7.96. The lowest BCUT2D eigenvalue weighted by atomic mass is 9.98. The van der Waals surface area contributed by atoms with Gasteiger partial charge < -0.3 is 9.64 Å². The fraction of sp³-hybridized carbons (Fsp3) is 0.933. The summed E-state index contributed by atoms with van der Waals surface area (Å²) in [4.78, 5) is 14.4. The molecule has 1 saturated heterocycles. The first kappa shape index (κ1) is 13.4. The van der Waals surface area contributed by atoms with E-state index in [2.05, 4.69) is 5.32 Å². The number of amides is 1. The largest absolute Gasteiger partial charge is 0.376 e. The van der Waals surface area contributed by atoms with E-state index in [0.717, 1.165) is 19.4 Å². The molecule has 0 aromatic carbocycles. The third-order valence-corrected chi connectivity index (χ3v) is 5.03. The molecule has 2 saturated carbocycles. The van der Waals surface area contributed by atoms with Gasteiger partial charge >= 0.3 is 0 Å². The summed E-state index contributed by atoms with van der Waals surface area (Å²) in [5.74, 6) is 0.317. The number of hydrogen-bond donors (Lipinski definition) is 1. The molecule has 3 aliphatic rings. The van der Waals surface area contributed by atoms with Gasteiger partial charge in [-0.2, -0.15) is 0 Å². The van der Waals surface area contributed by atoms with E-state index in [1.54, 1.807) is 0 Å². The van der Waals surface area contributed by atoms with Crippen LogP contribution in [-0.2, 0) is 9.53 Å². The van der Waals surface area contributed by atoms with Gasteiger partial charge in [0.2, 0.25) is 5.91 Å². The second kappa shape index (κ2) is 5.80. The molecule has 0 radical (unpaired) electrons. The zero-order valence-electron chi connectivity index (χ0n) is 11.8. The number of hydrogen-bond acceptors (Lipinski definition) is 3. The Kier molecular flexibility index (Phi) is 4.08. The van der Waals surface area contributed by atoms with Crippen molar-refractivity contribution in [2.45, 2.75) is 69.4 Å². The van der Waals surface area contributed by atoms with Crippen LogP contribution in [0.1, 0.15) is 57.8 Å². The van der Waals surface area contributed by atoms with E-state index in [0.29, 0.717) is 25.3 Å². The molecule has 1 amide bonds. The summed E-state index contributed by atoms with van der Waals surface area (Å²) in [6.07, 6.45) is 11.2. The molecule has 0 aromatic rings. The molecular formula is C15H26N2O2. The van der Waals surface area contributed by atoms with Crippen molar-refractivity contribution in [3.05, 3.63) is 0 Å². The molecule has 3 fully saturated rings. The van der Waals surface area contributed by atoms with Crippen molar-refractivity contribution >= 4 is 5.91 Å². The molecule has 4 heteroatoms. The third-order valence-electron chi connectivity index (χ3n) is 5.03. The van der Waals surface area contributed by atoms with Gasteiger partial charge in [0.1, 0.15) is 0 Å². The van der Waals surface area contributed by atoms with Crippen LogP contribution in [0, 0.1) is 0 Å². The van der Waals surface area contributed by atoms with E-state index < -0.39 is 0 Å². The van der Waals surface area contributed by atoms with Crippen molar-refractivity contribution in [3.8, 4) is 0 Å². The standard InChI is InChI=1S/C15H26N2O2/c18-14-15(8-4-5-9-15)16-12-17(14)10-11-19-13-6-2-1-3-7-13/h13,16H,1-12H2. The smallest absolute Gasteiger partial charge is 0.244 e. The van der Waals surface area contributed by atoms with Crippen molar-refractivity contribution in [3.63, 3.8) is 0 Å². The monoisotopic (exact) mass is 266 g/mol. The van der Waals surface area contributed by atoms with Crippen LogP contribution in [0.25, 0.3) is 0 Å². The first-order valence-electron chi connectivity index (χ1n) is 7.96. The molecule has 0 atom stereocenters. The summed E-state index contributed by atoms with van der Waals surface area (Å²) in [5.41, 5.74) is -0.204. The van der Waals surface area contributed by atoms with E-state index >= 15 is 0 Å². The fourth-order valence-electron chi connectivity index (χ4n) is 3.81. The van der Waals surface area contributed by atoms with E-state index in [1.807, 2.05) is 4.90 Å². The van der Waals surface area contributed by atoms with Crippen molar-refractivity contribution in [1.29, 1.82) is 0 Å². The average molecular weight is 266 g/mol. The lowest BCUT2D eigenvalue weighted by Gasteiger charge is -2.24. The van der Waals surface area contributed by atoms with Crippen LogP contribution in [0.3, 0.4) is 0 Å². The number of ether oxygens (including phenoxy) is 1. The van der Waals surface area contributed by atoms with Gasteiger partial charge in [-0.3, -0.25) is 10.1 Å². The zero-order valence-corrected chi connectivity index (χ0v) is 11.8. The molecule has 3 rings (SSSR count). The Morgan fingerprint density at radius 1 is 1.16 bits per heavy atom. The van der Waals surface area contributed by atoms with Crippen LogP contribution in [-0.4, -0.2) is 42.3 Å². The van der Waals surface area contributed by atoms with Crippen LogP contribution >= 0.6 is 0 Å². The minimum Gasteiger partial charge on any atom is -0.376 e. The lowest BCUT2D eigenvalue weighted by molar-refractivity contribution is -0.133. The maximum atomic E-state index is 12.4. The van der Waals surface area contributed by atoms with Gasteiger partial charge in [-0.25, -0.2) is 0 Å². The minimum absolute atomic E-state index is 0.204. The summed E-state index contributed by atoms with van der Waals surface area (Å²) in [6.45, 7) is 2.17. The van der Waals surface area contributed by atoms with E-state index in [-0.39, 0.29) is 5.54 Å². The molecule has 0 bridgehead atoms. The fourth-order valence-corrected chi connectivity index (χ4v) is 3.81. The van der Waals surface area contributed by atoms with Crippen molar-refractivity contribution in [1.82, 2.24) is 10.2 Å². The summed E-state index contributed by atoms with van der Waals surface area (Å²) >= 11 is 0. The van der Waals surface area contributed by atoms with Gasteiger partial charge in [-0.15, -0.1) is 0 Å². The molecular weight excluding hydrogens is 240 g/mol. The van der Waals surface area contributed by atoms with Crippen LogP contribution in [0.5, 0.6) is 0 Å². The molecule has 0 unspecified atom stereocenters. The topological polar surface area (TPSA) is 41.6 Å². The van der Waals surface area contributed by atoms with Crippen molar-refractivity contribution in [2.75, 3.05) is 19.8 Å². The molecule has 1 aliphatic heterocycles. The van der Waals surface area contributed by atoms with Gasteiger partial charge in [0.25, 0.3) is 0 Å². The summed E-state index contributed by atoms with van der Waals surface area (Å²) in [5, 5.41) is 3.44. The van der Waals surface area contributed by atoms with Crippen LogP contribution in [0.2, 0.25) is 0 Å². The Balaban J connectivity index is 1.42. The van der Waals surface area contributed by atoms with Gasteiger partial charge in [0.15, 0.2) is 0 Å². The second-order valence-corrected chi connectivity index (χ2v) is 6.32. The maximum Gasteiger partial charge on any atom is 0.244 e. The molecule has 1 spiro atoms. The molecule has 1 heterocycles. The Bertz CT molecular complexity index is 320. The Labute approximate surface area is 115 Å². The predicted molar refractivity (Wildman–Crippen MR) is 73.7 cm³/mol.